The number of carbonyl (C=O) groups is 2. The third-order valence-electron chi connectivity index (χ3n) is 3.37. The van der Waals surface area contributed by atoms with Crippen molar-refractivity contribution in [2.75, 3.05) is 5.32 Å². The largest absolute Gasteiger partial charge is 0.480 e. The van der Waals surface area contributed by atoms with Gasteiger partial charge < -0.3 is 20.5 Å². The number of ether oxygens (including phenoxy) is 1. The van der Waals surface area contributed by atoms with Gasteiger partial charge in [-0.2, -0.15) is 0 Å². The van der Waals surface area contributed by atoms with E-state index in [0.29, 0.717) is 11.0 Å². The Morgan fingerprint density at radius 2 is 1.96 bits per heavy atom. The molecular formula is C18H22ClN3O4S. The first-order valence-corrected chi connectivity index (χ1v) is 9.47. The van der Waals surface area contributed by atoms with Gasteiger partial charge in [0.1, 0.15) is 11.6 Å². The fourth-order valence-corrected chi connectivity index (χ4v) is 3.12. The van der Waals surface area contributed by atoms with Crippen molar-refractivity contribution in [3.05, 3.63) is 45.4 Å². The molecule has 0 saturated heterocycles. The summed E-state index contributed by atoms with van der Waals surface area (Å²) in [6.07, 6.45) is 1.12. The highest BCUT2D eigenvalue weighted by Crippen LogP contribution is 2.19. The molecule has 9 heteroatoms. The topological polar surface area (TPSA) is 101 Å². The zero-order valence-electron chi connectivity index (χ0n) is 15.3. The molecule has 146 valence electrons. The summed E-state index contributed by atoms with van der Waals surface area (Å²) < 4.78 is 5.61. The molecule has 1 aromatic carbocycles. The van der Waals surface area contributed by atoms with Crippen LogP contribution < -0.4 is 10.6 Å². The van der Waals surface area contributed by atoms with E-state index in [-0.39, 0.29) is 6.42 Å². The van der Waals surface area contributed by atoms with E-state index < -0.39 is 23.7 Å². The van der Waals surface area contributed by atoms with Crippen molar-refractivity contribution in [1.82, 2.24) is 10.3 Å². The molecule has 0 fully saturated rings. The van der Waals surface area contributed by atoms with Crippen molar-refractivity contribution in [2.24, 2.45) is 0 Å². The van der Waals surface area contributed by atoms with E-state index in [1.807, 2.05) is 24.3 Å². The Balaban J connectivity index is 1.91. The number of carbonyl (C=O) groups excluding carboxylic acids is 1. The van der Waals surface area contributed by atoms with E-state index in [2.05, 4.69) is 15.6 Å². The molecule has 1 unspecified atom stereocenters. The van der Waals surface area contributed by atoms with Crippen LogP contribution in [0.5, 0.6) is 0 Å². The second kappa shape index (κ2) is 9.05. The van der Waals surface area contributed by atoms with E-state index in [1.54, 1.807) is 27.0 Å². The Morgan fingerprint density at radius 3 is 2.48 bits per heavy atom. The molecule has 2 aromatic rings. The minimum Gasteiger partial charge on any atom is -0.480 e. The Kier molecular flexibility index (Phi) is 7.04. The molecule has 0 bridgehead atoms. The minimum absolute atomic E-state index is 0.152. The van der Waals surface area contributed by atoms with Crippen LogP contribution in [0.15, 0.2) is 30.5 Å². The second-order valence-corrected chi connectivity index (χ2v) is 8.57. The summed E-state index contributed by atoms with van der Waals surface area (Å²) in [5.74, 6) is -1.12. The third kappa shape index (κ3) is 7.44. The number of nitrogens with zero attached hydrogens (tertiary/aromatic N) is 1. The van der Waals surface area contributed by atoms with Gasteiger partial charge in [0, 0.05) is 23.2 Å². The second-order valence-electron chi connectivity index (χ2n) is 6.87. The predicted molar refractivity (Wildman–Crippen MR) is 105 cm³/mol. The predicted octanol–water partition coefficient (Wildman–Crippen LogP) is 3.93. The van der Waals surface area contributed by atoms with Crippen molar-refractivity contribution in [3.63, 3.8) is 0 Å². The lowest BCUT2D eigenvalue weighted by molar-refractivity contribution is -0.139. The van der Waals surface area contributed by atoms with Crippen LogP contribution in [0.2, 0.25) is 4.47 Å². The van der Waals surface area contributed by atoms with Gasteiger partial charge in [0.25, 0.3) is 0 Å². The van der Waals surface area contributed by atoms with E-state index in [0.717, 1.165) is 16.1 Å². The molecule has 0 saturated carbocycles. The molecule has 0 aliphatic rings. The summed E-state index contributed by atoms with van der Waals surface area (Å²) in [5, 5.41) is 15.0. The number of rotatable bonds is 7. The van der Waals surface area contributed by atoms with Gasteiger partial charge >= 0.3 is 12.1 Å². The van der Waals surface area contributed by atoms with E-state index in [1.165, 1.54) is 11.3 Å². The molecule has 1 heterocycles. The van der Waals surface area contributed by atoms with Gasteiger partial charge in [0.2, 0.25) is 0 Å². The van der Waals surface area contributed by atoms with Crippen LogP contribution in [0.3, 0.4) is 0 Å². The number of carboxylic acid groups (broad SMARTS) is 1. The van der Waals surface area contributed by atoms with Crippen LogP contribution in [0.25, 0.3) is 0 Å². The number of halogens is 1. The Hall–Kier alpha value is -2.32. The van der Waals surface area contributed by atoms with E-state index in [4.69, 9.17) is 16.3 Å². The standard InChI is InChI=1S/C18H22ClN3O4S/c1-18(2,3)26-17(25)22-14(15(23)24)8-11-4-6-12(7-5-11)20-9-13-10-21-16(19)27-13/h4-7,10,14,20H,8-9H2,1-3H3,(H,22,25)(H,23,24). The Labute approximate surface area is 166 Å². The van der Waals surface area contributed by atoms with E-state index >= 15 is 0 Å². The molecule has 3 N–H and O–H groups in total. The number of benzene rings is 1. The van der Waals surface area contributed by atoms with Crippen LogP contribution in [0.1, 0.15) is 31.2 Å². The smallest absolute Gasteiger partial charge is 0.408 e. The van der Waals surface area contributed by atoms with Gasteiger partial charge in [0.15, 0.2) is 4.47 Å². The van der Waals surface area contributed by atoms with Crippen LogP contribution in [0, 0.1) is 0 Å². The number of thiazole rings is 1. The maximum absolute atomic E-state index is 11.8. The monoisotopic (exact) mass is 411 g/mol. The highest BCUT2D eigenvalue weighted by Gasteiger charge is 2.24. The summed E-state index contributed by atoms with van der Waals surface area (Å²) in [7, 11) is 0. The number of nitrogens with one attached hydrogen (secondary N) is 2. The first-order chi connectivity index (χ1) is 12.6. The summed E-state index contributed by atoms with van der Waals surface area (Å²) in [5.41, 5.74) is 0.975. The third-order valence-corrected chi connectivity index (χ3v) is 4.49. The van der Waals surface area contributed by atoms with Crippen molar-refractivity contribution in [1.29, 1.82) is 0 Å². The lowest BCUT2D eigenvalue weighted by Gasteiger charge is -2.22. The molecule has 0 spiro atoms. The van der Waals surface area contributed by atoms with Crippen LogP contribution in [-0.2, 0) is 22.5 Å². The van der Waals surface area contributed by atoms with Gasteiger partial charge in [-0.1, -0.05) is 23.7 Å². The van der Waals surface area contributed by atoms with Crippen molar-refractivity contribution >= 4 is 40.7 Å². The quantitative estimate of drug-likeness (QED) is 0.638. The normalized spacial score (nSPS) is 12.3. The SMILES string of the molecule is CC(C)(C)OC(=O)NC(Cc1ccc(NCc2cnc(Cl)s2)cc1)C(=O)O. The number of aliphatic carboxylic acids is 1. The van der Waals surface area contributed by atoms with E-state index in [9.17, 15) is 14.7 Å². The zero-order chi connectivity index (χ0) is 20.0. The van der Waals surface area contributed by atoms with Crippen molar-refractivity contribution in [3.8, 4) is 0 Å². The molecule has 1 amide bonds. The summed E-state index contributed by atoms with van der Waals surface area (Å²) in [6.45, 7) is 5.75. The number of carboxylic acids is 1. The highest BCUT2D eigenvalue weighted by atomic mass is 35.5. The number of amides is 1. The maximum Gasteiger partial charge on any atom is 0.408 e. The highest BCUT2D eigenvalue weighted by molar-refractivity contribution is 7.15. The molecule has 1 aromatic heterocycles. The minimum atomic E-state index is -1.12. The van der Waals surface area contributed by atoms with Gasteiger partial charge in [-0.15, -0.1) is 11.3 Å². The van der Waals surface area contributed by atoms with Gasteiger partial charge in [-0.05, 0) is 38.5 Å². The number of alkyl carbamates (subject to hydrolysis) is 1. The lowest BCUT2D eigenvalue weighted by Crippen LogP contribution is -2.44. The maximum atomic E-state index is 11.8. The zero-order valence-corrected chi connectivity index (χ0v) is 16.9. The van der Waals surface area contributed by atoms with Crippen LogP contribution in [0.4, 0.5) is 10.5 Å². The fraction of sp³-hybridized carbons (Fsp3) is 0.389. The Bertz CT molecular complexity index is 787. The lowest BCUT2D eigenvalue weighted by atomic mass is 10.1. The molecule has 7 nitrogen and oxygen atoms in total. The molecule has 0 aliphatic heterocycles. The summed E-state index contributed by atoms with van der Waals surface area (Å²) >= 11 is 7.21. The first kappa shape index (κ1) is 21.0. The average molecular weight is 412 g/mol. The first-order valence-electron chi connectivity index (χ1n) is 8.28. The summed E-state index contributed by atoms with van der Waals surface area (Å²) in [4.78, 5) is 28.2. The number of hydrogen-bond acceptors (Lipinski definition) is 6. The van der Waals surface area contributed by atoms with Gasteiger partial charge in [-0.3, -0.25) is 0 Å². The summed E-state index contributed by atoms with van der Waals surface area (Å²) in [6, 6.07) is 6.26. The van der Waals surface area contributed by atoms with Crippen LogP contribution in [-0.4, -0.2) is 33.8 Å². The molecule has 1 atom stereocenters. The molecule has 2 rings (SSSR count). The van der Waals surface area contributed by atoms with Gasteiger partial charge in [-0.25, -0.2) is 14.6 Å². The average Bonchev–Trinajstić information content (AvgIpc) is 2.97. The number of anilines is 1. The van der Waals surface area contributed by atoms with Crippen molar-refractivity contribution < 1.29 is 19.4 Å². The Morgan fingerprint density at radius 1 is 1.30 bits per heavy atom. The fourth-order valence-electron chi connectivity index (χ4n) is 2.20. The number of aromatic nitrogens is 1. The number of hydrogen-bond donors (Lipinski definition) is 3. The van der Waals surface area contributed by atoms with Crippen molar-refractivity contribution in [2.45, 2.75) is 45.4 Å². The van der Waals surface area contributed by atoms with Crippen LogP contribution >= 0.6 is 22.9 Å². The van der Waals surface area contributed by atoms with Gasteiger partial charge in [0.05, 0.1) is 6.54 Å². The molecule has 0 aliphatic carbocycles. The molecule has 0 radical (unpaired) electrons. The molecule has 27 heavy (non-hydrogen) atoms. The molecular weight excluding hydrogens is 390 g/mol.